The lowest BCUT2D eigenvalue weighted by molar-refractivity contribution is -0.116. The Morgan fingerprint density at radius 2 is 1.79 bits per heavy atom. The van der Waals surface area contributed by atoms with Crippen LogP contribution in [0, 0.1) is 0 Å². The number of rotatable bonds is 10. The highest BCUT2D eigenvalue weighted by molar-refractivity contribution is 5.90. The standard InChI is InChI=1S/C21H26N4O4/c1-3-11-24-17-6-4-5-7-18(17)25(21(24)27)12-10-19(26)23-16-8-9-20(22-15-16)29-14-13-28-2/h4-9,15H,3,10-14H2,1-2H3,(H,23,26). The van der Waals surface area contributed by atoms with Gasteiger partial charge in [0.05, 0.1) is 29.5 Å². The monoisotopic (exact) mass is 398 g/mol. The van der Waals surface area contributed by atoms with Crippen molar-refractivity contribution in [2.24, 2.45) is 0 Å². The van der Waals surface area contributed by atoms with E-state index in [9.17, 15) is 9.59 Å². The Morgan fingerprint density at radius 3 is 2.41 bits per heavy atom. The zero-order chi connectivity index (χ0) is 20.6. The third-order valence-corrected chi connectivity index (χ3v) is 4.49. The molecule has 0 fully saturated rings. The third kappa shape index (κ3) is 5.03. The van der Waals surface area contributed by atoms with E-state index in [1.54, 1.807) is 34.6 Å². The molecule has 8 nitrogen and oxygen atoms in total. The van der Waals surface area contributed by atoms with Crippen LogP contribution in [0.15, 0.2) is 47.4 Å². The molecule has 3 aromatic rings. The molecule has 0 spiro atoms. The number of aryl methyl sites for hydroxylation is 2. The number of fused-ring (bicyclic) bond motifs is 1. The molecule has 2 heterocycles. The van der Waals surface area contributed by atoms with Gasteiger partial charge >= 0.3 is 5.69 Å². The van der Waals surface area contributed by atoms with Crippen molar-refractivity contribution in [1.29, 1.82) is 0 Å². The van der Waals surface area contributed by atoms with Crippen molar-refractivity contribution >= 4 is 22.6 Å². The van der Waals surface area contributed by atoms with Gasteiger partial charge in [-0.2, -0.15) is 0 Å². The number of carbonyl (C=O) groups excluding carboxylic acids is 1. The summed E-state index contributed by atoms with van der Waals surface area (Å²) in [6, 6.07) is 11.1. The highest BCUT2D eigenvalue weighted by atomic mass is 16.5. The molecule has 8 heteroatoms. The topological polar surface area (TPSA) is 87.4 Å². The molecule has 1 N–H and O–H groups in total. The van der Waals surface area contributed by atoms with Crippen LogP contribution in [-0.2, 0) is 22.6 Å². The summed E-state index contributed by atoms with van der Waals surface area (Å²) in [7, 11) is 1.60. The van der Waals surface area contributed by atoms with E-state index in [4.69, 9.17) is 9.47 Å². The van der Waals surface area contributed by atoms with Crippen LogP contribution in [-0.4, -0.2) is 40.3 Å². The number of anilines is 1. The van der Waals surface area contributed by atoms with Crippen LogP contribution in [0.4, 0.5) is 5.69 Å². The molecule has 0 aliphatic carbocycles. The second-order valence-corrected chi connectivity index (χ2v) is 6.60. The van der Waals surface area contributed by atoms with Gasteiger partial charge in [0, 0.05) is 32.7 Å². The summed E-state index contributed by atoms with van der Waals surface area (Å²) < 4.78 is 13.7. The first kappa shape index (κ1) is 20.6. The van der Waals surface area contributed by atoms with Gasteiger partial charge in [0.1, 0.15) is 6.61 Å². The second kappa shape index (κ2) is 9.88. The summed E-state index contributed by atoms with van der Waals surface area (Å²) in [5.74, 6) is 0.286. The van der Waals surface area contributed by atoms with E-state index in [-0.39, 0.29) is 18.0 Å². The lowest BCUT2D eigenvalue weighted by Crippen LogP contribution is -2.26. The molecule has 29 heavy (non-hydrogen) atoms. The Labute approximate surface area is 169 Å². The molecule has 0 unspecified atom stereocenters. The smallest absolute Gasteiger partial charge is 0.329 e. The van der Waals surface area contributed by atoms with Crippen molar-refractivity contribution in [2.75, 3.05) is 25.6 Å². The zero-order valence-electron chi connectivity index (χ0n) is 16.8. The summed E-state index contributed by atoms with van der Waals surface area (Å²) in [5.41, 5.74) is 2.24. The Hall–Kier alpha value is -3.13. The average Bonchev–Trinajstić information content (AvgIpc) is 2.99. The second-order valence-electron chi connectivity index (χ2n) is 6.60. The third-order valence-electron chi connectivity index (χ3n) is 4.49. The maximum Gasteiger partial charge on any atom is 0.329 e. The largest absolute Gasteiger partial charge is 0.475 e. The summed E-state index contributed by atoms with van der Waals surface area (Å²) in [6.07, 6.45) is 2.60. The van der Waals surface area contributed by atoms with E-state index in [0.29, 0.717) is 37.9 Å². The fraction of sp³-hybridized carbons (Fsp3) is 0.381. The minimum atomic E-state index is -0.181. The number of nitrogens with zero attached hydrogens (tertiary/aromatic N) is 3. The van der Waals surface area contributed by atoms with E-state index >= 15 is 0 Å². The average molecular weight is 398 g/mol. The lowest BCUT2D eigenvalue weighted by atomic mass is 10.3. The van der Waals surface area contributed by atoms with Crippen molar-refractivity contribution in [3.8, 4) is 5.88 Å². The normalized spacial score (nSPS) is 11.0. The number of hydrogen-bond acceptors (Lipinski definition) is 5. The number of aromatic nitrogens is 3. The molecule has 1 aromatic carbocycles. The molecule has 1 amide bonds. The number of amides is 1. The summed E-state index contributed by atoms with van der Waals surface area (Å²) >= 11 is 0. The Balaban J connectivity index is 1.62. The van der Waals surface area contributed by atoms with E-state index in [1.807, 2.05) is 31.2 Å². The highest BCUT2D eigenvalue weighted by Gasteiger charge is 2.13. The number of carbonyl (C=O) groups is 1. The number of nitrogens with one attached hydrogen (secondary N) is 1. The van der Waals surface area contributed by atoms with Gasteiger partial charge in [-0.15, -0.1) is 0 Å². The van der Waals surface area contributed by atoms with Gasteiger partial charge in [-0.1, -0.05) is 19.1 Å². The van der Waals surface area contributed by atoms with Gasteiger partial charge in [-0.25, -0.2) is 9.78 Å². The molecule has 0 bridgehead atoms. The van der Waals surface area contributed by atoms with E-state index in [1.165, 1.54) is 0 Å². The maximum absolute atomic E-state index is 12.8. The van der Waals surface area contributed by atoms with Crippen LogP contribution in [0.3, 0.4) is 0 Å². The quantitative estimate of drug-likeness (QED) is 0.531. The number of para-hydroxylation sites is 2. The SMILES string of the molecule is CCCn1c(=O)n(CCC(=O)Nc2ccc(OCCOC)nc2)c2ccccc21. The summed E-state index contributed by atoms with van der Waals surface area (Å²) in [4.78, 5) is 29.3. The van der Waals surface area contributed by atoms with Crippen LogP contribution in [0.1, 0.15) is 19.8 Å². The number of benzene rings is 1. The summed E-state index contributed by atoms with van der Waals surface area (Å²) in [5, 5.41) is 2.80. The van der Waals surface area contributed by atoms with Gasteiger partial charge in [0.25, 0.3) is 0 Å². The van der Waals surface area contributed by atoms with Gasteiger partial charge in [-0.05, 0) is 24.6 Å². The fourth-order valence-electron chi connectivity index (χ4n) is 3.13. The molecule has 0 aliphatic rings. The minimum Gasteiger partial charge on any atom is -0.475 e. The number of hydrogen-bond donors (Lipinski definition) is 1. The maximum atomic E-state index is 12.8. The Kier molecular flexibility index (Phi) is 7.02. The number of methoxy groups -OCH3 is 1. The summed E-state index contributed by atoms with van der Waals surface area (Å²) in [6.45, 7) is 3.90. The first-order chi connectivity index (χ1) is 14.1. The van der Waals surface area contributed by atoms with Crippen molar-refractivity contribution in [2.45, 2.75) is 32.9 Å². The van der Waals surface area contributed by atoms with Crippen LogP contribution >= 0.6 is 0 Å². The number of ether oxygens (including phenoxy) is 2. The van der Waals surface area contributed by atoms with Crippen LogP contribution in [0.2, 0.25) is 0 Å². The molecule has 0 radical (unpaired) electrons. The first-order valence-electron chi connectivity index (χ1n) is 9.69. The van der Waals surface area contributed by atoms with E-state index < -0.39 is 0 Å². The predicted octanol–water partition coefficient (Wildman–Crippen LogP) is 2.66. The molecular formula is C21H26N4O4. The zero-order valence-corrected chi connectivity index (χ0v) is 16.8. The van der Waals surface area contributed by atoms with Gasteiger partial charge in [0.15, 0.2) is 0 Å². The molecular weight excluding hydrogens is 372 g/mol. The fourth-order valence-corrected chi connectivity index (χ4v) is 3.13. The van der Waals surface area contributed by atoms with Crippen molar-refractivity contribution < 1.29 is 14.3 Å². The highest BCUT2D eigenvalue weighted by Crippen LogP contribution is 2.15. The van der Waals surface area contributed by atoms with Crippen LogP contribution in [0.25, 0.3) is 11.0 Å². The molecule has 0 saturated heterocycles. The van der Waals surface area contributed by atoms with Crippen LogP contribution < -0.4 is 15.7 Å². The molecule has 2 aromatic heterocycles. The predicted molar refractivity (Wildman–Crippen MR) is 111 cm³/mol. The molecule has 0 aliphatic heterocycles. The van der Waals surface area contributed by atoms with Gasteiger partial charge < -0.3 is 14.8 Å². The van der Waals surface area contributed by atoms with Crippen molar-refractivity contribution in [1.82, 2.24) is 14.1 Å². The van der Waals surface area contributed by atoms with Crippen LogP contribution in [0.5, 0.6) is 5.88 Å². The lowest BCUT2D eigenvalue weighted by Gasteiger charge is -2.08. The molecule has 0 saturated carbocycles. The molecule has 154 valence electrons. The number of pyridine rings is 1. The van der Waals surface area contributed by atoms with Crippen molar-refractivity contribution in [3.63, 3.8) is 0 Å². The first-order valence-corrected chi connectivity index (χ1v) is 9.69. The van der Waals surface area contributed by atoms with E-state index in [0.717, 1.165) is 17.5 Å². The van der Waals surface area contributed by atoms with Gasteiger partial charge in [0.2, 0.25) is 11.8 Å². The minimum absolute atomic E-state index is 0.0833. The molecule has 0 atom stereocenters. The van der Waals surface area contributed by atoms with E-state index in [2.05, 4.69) is 10.3 Å². The van der Waals surface area contributed by atoms with Crippen molar-refractivity contribution in [3.05, 3.63) is 53.1 Å². The Bertz CT molecular complexity index is 1010. The van der Waals surface area contributed by atoms with Gasteiger partial charge in [-0.3, -0.25) is 13.9 Å². The number of imidazole rings is 1. The molecule has 3 rings (SSSR count). The Morgan fingerprint density at radius 1 is 1.07 bits per heavy atom.